The molecule has 2 rings (SSSR count). The zero-order valence-corrected chi connectivity index (χ0v) is 10.4. The summed E-state index contributed by atoms with van der Waals surface area (Å²) in [6.07, 6.45) is 5.93. The van der Waals surface area contributed by atoms with E-state index in [4.69, 9.17) is 5.73 Å². The predicted molar refractivity (Wildman–Crippen MR) is 65.8 cm³/mol. The lowest BCUT2D eigenvalue weighted by Gasteiger charge is -2.25. The van der Waals surface area contributed by atoms with Crippen LogP contribution in [-0.4, -0.2) is 19.9 Å². The van der Waals surface area contributed by atoms with Gasteiger partial charge in [0.15, 0.2) is 0 Å². The molecule has 1 fully saturated rings. The van der Waals surface area contributed by atoms with E-state index in [1.807, 2.05) is 0 Å². The standard InChI is InChI=1S/C11H17N3O2S/c12-11-5-4-10(8-13-11)17(15,16)14-7-6-9-2-1-3-9/h4-5,8-9,14H,1-3,6-7H2,(H2,12,13). The van der Waals surface area contributed by atoms with Crippen molar-refractivity contribution in [2.75, 3.05) is 12.3 Å². The summed E-state index contributed by atoms with van der Waals surface area (Å²) in [5.41, 5.74) is 5.41. The van der Waals surface area contributed by atoms with E-state index in [1.54, 1.807) is 0 Å². The van der Waals surface area contributed by atoms with E-state index in [2.05, 4.69) is 9.71 Å². The lowest BCUT2D eigenvalue weighted by atomic mass is 9.83. The number of hydrogen-bond donors (Lipinski definition) is 2. The maximum Gasteiger partial charge on any atom is 0.242 e. The maximum atomic E-state index is 11.8. The van der Waals surface area contributed by atoms with Crippen LogP contribution in [0, 0.1) is 5.92 Å². The van der Waals surface area contributed by atoms with E-state index >= 15 is 0 Å². The lowest BCUT2D eigenvalue weighted by molar-refractivity contribution is 0.297. The van der Waals surface area contributed by atoms with Crippen LogP contribution in [0.5, 0.6) is 0 Å². The number of hydrogen-bond acceptors (Lipinski definition) is 4. The second kappa shape index (κ2) is 5.01. The Balaban J connectivity index is 1.91. The lowest BCUT2D eigenvalue weighted by Crippen LogP contribution is -2.27. The smallest absolute Gasteiger partial charge is 0.242 e. The normalized spacial score (nSPS) is 16.7. The van der Waals surface area contributed by atoms with Crippen molar-refractivity contribution in [2.24, 2.45) is 5.92 Å². The number of rotatable bonds is 5. The molecule has 0 atom stereocenters. The highest BCUT2D eigenvalue weighted by Crippen LogP contribution is 2.28. The molecule has 0 radical (unpaired) electrons. The maximum absolute atomic E-state index is 11.8. The van der Waals surface area contributed by atoms with Crippen molar-refractivity contribution in [1.29, 1.82) is 0 Å². The van der Waals surface area contributed by atoms with Crippen molar-refractivity contribution in [3.05, 3.63) is 18.3 Å². The van der Waals surface area contributed by atoms with Crippen LogP contribution in [0.1, 0.15) is 25.7 Å². The first-order valence-corrected chi connectivity index (χ1v) is 7.27. The van der Waals surface area contributed by atoms with Gasteiger partial charge in [-0.2, -0.15) is 0 Å². The van der Waals surface area contributed by atoms with Crippen LogP contribution >= 0.6 is 0 Å². The minimum absolute atomic E-state index is 0.167. The molecule has 3 N–H and O–H groups in total. The number of anilines is 1. The Morgan fingerprint density at radius 3 is 2.71 bits per heavy atom. The first-order chi connectivity index (χ1) is 8.08. The summed E-state index contributed by atoms with van der Waals surface area (Å²) < 4.78 is 26.3. The fourth-order valence-electron chi connectivity index (χ4n) is 1.81. The molecule has 0 saturated heterocycles. The van der Waals surface area contributed by atoms with Crippen molar-refractivity contribution in [3.63, 3.8) is 0 Å². The van der Waals surface area contributed by atoms with Gasteiger partial charge in [0, 0.05) is 12.7 Å². The molecule has 0 aliphatic heterocycles. The van der Waals surface area contributed by atoms with Gasteiger partial charge in [-0.15, -0.1) is 0 Å². The second-order valence-electron chi connectivity index (χ2n) is 4.40. The van der Waals surface area contributed by atoms with Crippen LogP contribution in [0.15, 0.2) is 23.2 Å². The van der Waals surface area contributed by atoms with Gasteiger partial charge in [0.1, 0.15) is 10.7 Å². The van der Waals surface area contributed by atoms with Gasteiger partial charge in [-0.25, -0.2) is 18.1 Å². The van der Waals surface area contributed by atoms with Crippen LogP contribution in [0.25, 0.3) is 0 Å². The predicted octanol–water partition coefficient (Wildman–Crippen LogP) is 1.13. The SMILES string of the molecule is Nc1ccc(S(=O)(=O)NCCC2CCC2)cn1. The van der Waals surface area contributed by atoms with Gasteiger partial charge in [-0.05, 0) is 24.5 Å². The summed E-state index contributed by atoms with van der Waals surface area (Å²) in [5.74, 6) is 1.01. The highest BCUT2D eigenvalue weighted by atomic mass is 32.2. The molecule has 0 amide bonds. The molecule has 1 aliphatic rings. The van der Waals surface area contributed by atoms with Crippen molar-refractivity contribution >= 4 is 15.8 Å². The Morgan fingerprint density at radius 1 is 1.41 bits per heavy atom. The third-order valence-electron chi connectivity index (χ3n) is 3.14. The molecule has 0 spiro atoms. The Labute approximate surface area is 101 Å². The van der Waals surface area contributed by atoms with Crippen molar-refractivity contribution in [3.8, 4) is 0 Å². The Bertz CT molecular complexity index is 466. The number of nitrogens with zero attached hydrogens (tertiary/aromatic N) is 1. The Morgan fingerprint density at radius 2 is 2.18 bits per heavy atom. The fourth-order valence-corrected chi connectivity index (χ4v) is 2.80. The second-order valence-corrected chi connectivity index (χ2v) is 6.17. The number of nitrogen functional groups attached to an aromatic ring is 1. The number of sulfonamides is 1. The number of nitrogens with two attached hydrogens (primary N) is 1. The van der Waals surface area contributed by atoms with Crippen LogP contribution in [0.4, 0.5) is 5.82 Å². The molecule has 5 nitrogen and oxygen atoms in total. The largest absolute Gasteiger partial charge is 0.384 e. The highest BCUT2D eigenvalue weighted by Gasteiger charge is 2.19. The molecule has 17 heavy (non-hydrogen) atoms. The van der Waals surface area contributed by atoms with E-state index < -0.39 is 10.0 Å². The third kappa shape index (κ3) is 3.17. The van der Waals surface area contributed by atoms with Gasteiger partial charge in [-0.1, -0.05) is 19.3 Å². The van der Waals surface area contributed by atoms with Crippen LogP contribution in [-0.2, 0) is 10.0 Å². The van der Waals surface area contributed by atoms with Crippen LogP contribution < -0.4 is 10.5 Å². The fraction of sp³-hybridized carbons (Fsp3) is 0.545. The number of aromatic nitrogens is 1. The average Bonchev–Trinajstić information content (AvgIpc) is 2.22. The quantitative estimate of drug-likeness (QED) is 0.826. The summed E-state index contributed by atoms with van der Waals surface area (Å²) in [6.45, 7) is 0.497. The number of pyridine rings is 1. The first kappa shape index (κ1) is 12.3. The Kier molecular flexibility index (Phi) is 3.63. The molecule has 6 heteroatoms. The van der Waals surface area contributed by atoms with Gasteiger partial charge >= 0.3 is 0 Å². The molecule has 1 heterocycles. The monoisotopic (exact) mass is 255 g/mol. The van der Waals surface area contributed by atoms with Gasteiger partial charge in [0.25, 0.3) is 0 Å². The molecular formula is C11H17N3O2S. The van der Waals surface area contributed by atoms with E-state index in [0.29, 0.717) is 18.3 Å². The van der Waals surface area contributed by atoms with Gasteiger partial charge in [0.2, 0.25) is 10.0 Å². The van der Waals surface area contributed by atoms with Gasteiger partial charge in [0.05, 0.1) is 0 Å². The molecule has 1 aromatic heterocycles. The molecular weight excluding hydrogens is 238 g/mol. The molecule has 0 unspecified atom stereocenters. The van der Waals surface area contributed by atoms with Crippen LogP contribution in [0.3, 0.4) is 0 Å². The summed E-state index contributed by atoms with van der Waals surface area (Å²) in [4.78, 5) is 3.94. The minimum atomic E-state index is -3.42. The molecule has 0 aromatic carbocycles. The topological polar surface area (TPSA) is 85.1 Å². The van der Waals surface area contributed by atoms with E-state index in [0.717, 1.165) is 6.42 Å². The minimum Gasteiger partial charge on any atom is -0.384 e. The molecule has 0 bridgehead atoms. The van der Waals surface area contributed by atoms with E-state index in [-0.39, 0.29) is 4.90 Å². The van der Waals surface area contributed by atoms with Gasteiger partial charge in [-0.3, -0.25) is 0 Å². The van der Waals surface area contributed by atoms with Crippen molar-refractivity contribution < 1.29 is 8.42 Å². The van der Waals surface area contributed by atoms with E-state index in [1.165, 1.54) is 37.6 Å². The van der Waals surface area contributed by atoms with Crippen molar-refractivity contribution in [1.82, 2.24) is 9.71 Å². The summed E-state index contributed by atoms with van der Waals surface area (Å²) in [5, 5.41) is 0. The van der Waals surface area contributed by atoms with Crippen LogP contribution in [0.2, 0.25) is 0 Å². The summed E-state index contributed by atoms with van der Waals surface area (Å²) >= 11 is 0. The first-order valence-electron chi connectivity index (χ1n) is 5.79. The third-order valence-corrected chi connectivity index (χ3v) is 4.59. The molecule has 1 aliphatic carbocycles. The summed E-state index contributed by atoms with van der Waals surface area (Å²) in [7, 11) is -3.42. The molecule has 94 valence electrons. The molecule has 1 saturated carbocycles. The average molecular weight is 255 g/mol. The zero-order chi connectivity index (χ0) is 12.3. The summed E-state index contributed by atoms with van der Waals surface area (Å²) in [6, 6.07) is 2.95. The molecule has 1 aromatic rings. The van der Waals surface area contributed by atoms with E-state index in [9.17, 15) is 8.42 Å². The zero-order valence-electron chi connectivity index (χ0n) is 9.59. The number of nitrogens with one attached hydrogen (secondary N) is 1. The van der Waals surface area contributed by atoms with Crippen molar-refractivity contribution in [2.45, 2.75) is 30.6 Å². The van der Waals surface area contributed by atoms with Gasteiger partial charge < -0.3 is 5.73 Å². The Hall–Kier alpha value is -1.14. The highest BCUT2D eigenvalue weighted by molar-refractivity contribution is 7.89.